The Balaban J connectivity index is 3.06. The van der Waals surface area contributed by atoms with Crippen LogP contribution in [0.1, 0.15) is 5.69 Å². The zero-order valence-electron chi connectivity index (χ0n) is 5.21. The molecule has 1 heterocycles. The van der Waals surface area contributed by atoms with E-state index in [2.05, 4.69) is 25.9 Å². The highest BCUT2D eigenvalue weighted by atomic mass is 79.9. The fourth-order valence-electron chi connectivity index (χ4n) is 0.588. The summed E-state index contributed by atoms with van der Waals surface area (Å²) in [5.74, 6) is 0.245. The lowest BCUT2D eigenvalue weighted by Crippen LogP contribution is -2.03. The van der Waals surface area contributed by atoms with Crippen LogP contribution in [0, 0.1) is 0 Å². The maximum absolute atomic E-state index is 5.33. The van der Waals surface area contributed by atoms with Gasteiger partial charge in [0, 0.05) is 6.54 Å². The van der Waals surface area contributed by atoms with Crippen LogP contribution in [0.3, 0.4) is 0 Å². The van der Waals surface area contributed by atoms with Gasteiger partial charge < -0.3 is 11.5 Å². The Morgan fingerprint density at radius 3 is 2.70 bits per heavy atom. The second-order valence-corrected chi connectivity index (χ2v) is 2.56. The van der Waals surface area contributed by atoms with E-state index in [1.165, 1.54) is 0 Å². The molecule has 0 saturated heterocycles. The SMILES string of the molecule is NCc1cc(Br)nc(N)n1. The first kappa shape index (κ1) is 7.43. The molecule has 0 aliphatic carbocycles. The first-order chi connectivity index (χ1) is 4.72. The topological polar surface area (TPSA) is 77.8 Å². The summed E-state index contributed by atoms with van der Waals surface area (Å²) in [5, 5.41) is 0. The quantitative estimate of drug-likeness (QED) is 0.642. The minimum atomic E-state index is 0.245. The van der Waals surface area contributed by atoms with Gasteiger partial charge in [0.1, 0.15) is 4.60 Å². The lowest BCUT2D eigenvalue weighted by molar-refractivity contribution is 0.964. The average Bonchev–Trinajstić information content (AvgIpc) is 1.85. The predicted molar refractivity (Wildman–Crippen MR) is 42.0 cm³/mol. The zero-order valence-corrected chi connectivity index (χ0v) is 6.80. The van der Waals surface area contributed by atoms with Crippen molar-refractivity contribution in [1.29, 1.82) is 0 Å². The average molecular weight is 203 g/mol. The summed E-state index contributed by atoms with van der Waals surface area (Å²) in [6, 6.07) is 1.73. The van der Waals surface area contributed by atoms with Crippen molar-refractivity contribution in [1.82, 2.24) is 9.97 Å². The number of aromatic nitrogens is 2. The summed E-state index contributed by atoms with van der Waals surface area (Å²) >= 11 is 3.17. The van der Waals surface area contributed by atoms with Crippen LogP contribution < -0.4 is 11.5 Å². The van der Waals surface area contributed by atoms with Gasteiger partial charge in [0.25, 0.3) is 0 Å². The van der Waals surface area contributed by atoms with E-state index in [4.69, 9.17) is 11.5 Å². The van der Waals surface area contributed by atoms with Crippen LogP contribution >= 0.6 is 15.9 Å². The fourth-order valence-corrected chi connectivity index (χ4v) is 1.03. The van der Waals surface area contributed by atoms with Crippen LogP contribution in [0.25, 0.3) is 0 Å². The maximum atomic E-state index is 5.33. The molecule has 0 amide bonds. The normalized spacial score (nSPS) is 9.80. The Kier molecular flexibility index (Phi) is 2.18. The molecule has 1 aromatic rings. The van der Waals surface area contributed by atoms with Gasteiger partial charge in [0.15, 0.2) is 0 Å². The van der Waals surface area contributed by atoms with Gasteiger partial charge >= 0.3 is 0 Å². The fraction of sp³-hybridized carbons (Fsp3) is 0.200. The summed E-state index contributed by atoms with van der Waals surface area (Å²) in [7, 11) is 0. The maximum Gasteiger partial charge on any atom is 0.221 e. The third-order valence-electron chi connectivity index (χ3n) is 0.974. The monoisotopic (exact) mass is 202 g/mol. The molecule has 1 aromatic heterocycles. The molecule has 0 aromatic carbocycles. The van der Waals surface area contributed by atoms with E-state index in [9.17, 15) is 0 Å². The molecule has 54 valence electrons. The van der Waals surface area contributed by atoms with Gasteiger partial charge in [0.05, 0.1) is 5.69 Å². The van der Waals surface area contributed by atoms with Crippen molar-refractivity contribution in [3.05, 3.63) is 16.4 Å². The first-order valence-corrected chi connectivity index (χ1v) is 3.50. The van der Waals surface area contributed by atoms with E-state index in [0.717, 1.165) is 5.69 Å². The lowest BCUT2D eigenvalue weighted by atomic mass is 10.4. The Morgan fingerprint density at radius 2 is 2.20 bits per heavy atom. The number of hydrogen-bond donors (Lipinski definition) is 2. The van der Waals surface area contributed by atoms with E-state index in [1.54, 1.807) is 6.07 Å². The number of nitrogens with zero attached hydrogens (tertiary/aromatic N) is 2. The van der Waals surface area contributed by atoms with Crippen LogP contribution in [0.2, 0.25) is 0 Å². The molecule has 0 radical (unpaired) electrons. The van der Waals surface area contributed by atoms with Crippen molar-refractivity contribution in [3.8, 4) is 0 Å². The lowest BCUT2D eigenvalue weighted by Gasteiger charge is -1.97. The second-order valence-electron chi connectivity index (χ2n) is 1.74. The predicted octanol–water partition coefficient (Wildman–Crippen LogP) is 0.280. The van der Waals surface area contributed by atoms with Crippen LogP contribution in [-0.2, 0) is 6.54 Å². The van der Waals surface area contributed by atoms with Crippen molar-refractivity contribution in [2.24, 2.45) is 5.73 Å². The third-order valence-corrected chi connectivity index (χ3v) is 1.38. The molecule has 0 bridgehead atoms. The molecule has 4 N–H and O–H groups in total. The summed E-state index contributed by atoms with van der Waals surface area (Å²) in [6.07, 6.45) is 0. The van der Waals surface area contributed by atoms with Crippen molar-refractivity contribution >= 4 is 21.9 Å². The zero-order chi connectivity index (χ0) is 7.56. The van der Waals surface area contributed by atoms with Gasteiger partial charge in [-0.05, 0) is 22.0 Å². The molecule has 5 heteroatoms. The highest BCUT2D eigenvalue weighted by molar-refractivity contribution is 9.10. The van der Waals surface area contributed by atoms with Crippen LogP contribution in [0.15, 0.2) is 10.7 Å². The largest absolute Gasteiger partial charge is 0.368 e. The molecule has 0 unspecified atom stereocenters. The summed E-state index contributed by atoms with van der Waals surface area (Å²) < 4.78 is 0.667. The molecule has 0 spiro atoms. The molecule has 10 heavy (non-hydrogen) atoms. The van der Waals surface area contributed by atoms with Gasteiger partial charge in [-0.15, -0.1) is 0 Å². The standard InChI is InChI=1S/C5H7BrN4/c6-4-1-3(2-7)9-5(8)10-4/h1H,2,7H2,(H2,8,9,10). The van der Waals surface area contributed by atoms with Crippen molar-refractivity contribution in [3.63, 3.8) is 0 Å². The number of hydrogen-bond acceptors (Lipinski definition) is 4. The summed E-state index contributed by atoms with van der Waals surface area (Å²) in [6.45, 7) is 0.380. The Hall–Kier alpha value is -0.680. The number of anilines is 1. The molecular weight excluding hydrogens is 196 g/mol. The molecule has 0 fully saturated rings. The number of nitrogens with two attached hydrogens (primary N) is 2. The van der Waals surface area contributed by atoms with Crippen LogP contribution in [0.5, 0.6) is 0 Å². The van der Waals surface area contributed by atoms with Crippen LogP contribution in [-0.4, -0.2) is 9.97 Å². The minimum Gasteiger partial charge on any atom is -0.368 e. The molecular formula is C5H7BrN4. The van der Waals surface area contributed by atoms with Gasteiger partial charge in [-0.3, -0.25) is 0 Å². The van der Waals surface area contributed by atoms with E-state index < -0.39 is 0 Å². The van der Waals surface area contributed by atoms with Gasteiger partial charge in [-0.25, -0.2) is 9.97 Å². The number of halogens is 1. The van der Waals surface area contributed by atoms with Gasteiger partial charge in [0.2, 0.25) is 5.95 Å². The van der Waals surface area contributed by atoms with E-state index >= 15 is 0 Å². The van der Waals surface area contributed by atoms with Crippen molar-refractivity contribution in [2.75, 3.05) is 5.73 Å². The van der Waals surface area contributed by atoms with E-state index in [1.807, 2.05) is 0 Å². The minimum absolute atomic E-state index is 0.245. The Labute approximate surface area is 66.8 Å². The number of nitrogen functional groups attached to an aromatic ring is 1. The van der Waals surface area contributed by atoms with Crippen molar-refractivity contribution in [2.45, 2.75) is 6.54 Å². The molecule has 4 nitrogen and oxygen atoms in total. The molecule has 0 saturated carbocycles. The third kappa shape index (κ3) is 1.65. The van der Waals surface area contributed by atoms with Crippen LogP contribution in [0.4, 0.5) is 5.95 Å². The van der Waals surface area contributed by atoms with Gasteiger partial charge in [-0.1, -0.05) is 0 Å². The molecule has 1 rings (SSSR count). The van der Waals surface area contributed by atoms with Gasteiger partial charge in [-0.2, -0.15) is 0 Å². The van der Waals surface area contributed by atoms with E-state index in [0.29, 0.717) is 11.1 Å². The van der Waals surface area contributed by atoms with E-state index in [-0.39, 0.29) is 5.95 Å². The molecule has 0 atom stereocenters. The summed E-state index contributed by atoms with van der Waals surface area (Å²) in [4.78, 5) is 7.67. The highest BCUT2D eigenvalue weighted by Gasteiger charge is 1.96. The molecule has 0 aliphatic heterocycles. The summed E-state index contributed by atoms with van der Waals surface area (Å²) in [5.41, 5.74) is 11.4. The second kappa shape index (κ2) is 2.94. The van der Waals surface area contributed by atoms with Crippen molar-refractivity contribution < 1.29 is 0 Å². The molecule has 0 aliphatic rings. The Morgan fingerprint density at radius 1 is 1.50 bits per heavy atom. The number of rotatable bonds is 1. The Bertz CT molecular complexity index is 217. The first-order valence-electron chi connectivity index (χ1n) is 2.71. The highest BCUT2D eigenvalue weighted by Crippen LogP contribution is 2.08. The smallest absolute Gasteiger partial charge is 0.221 e.